The standard InChI is InChI=1S/C22H19F5O5S/c1-20(2)16-13-9-5-3-7-11(13)15(12-8-4-6-10-14(12)16)17(20)18(28)32-19(21(23,24)25)22(26,27)33(29,30)31/h3-10,15-17,19H,1-2H3,(H,29,30,31). The van der Waals surface area contributed by atoms with Crippen molar-refractivity contribution in [3.8, 4) is 0 Å². The smallest absolute Gasteiger partial charge is 0.432 e. The fourth-order valence-corrected chi connectivity index (χ4v) is 5.76. The molecule has 3 aliphatic rings. The molecule has 5 rings (SSSR count). The Bertz CT molecular complexity index is 1170. The van der Waals surface area contributed by atoms with Gasteiger partial charge in [0.1, 0.15) is 0 Å². The molecule has 0 heterocycles. The number of halogens is 5. The van der Waals surface area contributed by atoms with Crippen molar-refractivity contribution in [1.82, 2.24) is 0 Å². The van der Waals surface area contributed by atoms with Gasteiger partial charge in [-0.05, 0) is 27.7 Å². The molecule has 2 bridgehead atoms. The molecule has 0 aliphatic heterocycles. The molecular weight excluding hydrogens is 471 g/mol. The zero-order valence-corrected chi connectivity index (χ0v) is 18.1. The van der Waals surface area contributed by atoms with Gasteiger partial charge < -0.3 is 4.74 Å². The minimum atomic E-state index is -6.53. The predicted molar refractivity (Wildman–Crippen MR) is 106 cm³/mol. The normalized spacial score (nSPS) is 24.5. The van der Waals surface area contributed by atoms with E-state index in [-0.39, 0.29) is 0 Å². The van der Waals surface area contributed by atoms with E-state index >= 15 is 0 Å². The molecule has 2 atom stereocenters. The Morgan fingerprint density at radius 2 is 1.36 bits per heavy atom. The van der Waals surface area contributed by atoms with Crippen LogP contribution in [-0.4, -0.2) is 36.5 Å². The lowest BCUT2D eigenvalue weighted by molar-refractivity contribution is -0.262. The number of rotatable bonds is 4. The molecule has 5 nitrogen and oxygen atoms in total. The summed E-state index contributed by atoms with van der Waals surface area (Å²) < 4.78 is 103. The van der Waals surface area contributed by atoms with Gasteiger partial charge >= 0.3 is 27.5 Å². The van der Waals surface area contributed by atoms with Crippen LogP contribution in [0.5, 0.6) is 0 Å². The van der Waals surface area contributed by atoms with Crippen molar-refractivity contribution in [3.63, 3.8) is 0 Å². The molecule has 0 saturated carbocycles. The average Bonchev–Trinajstić information content (AvgIpc) is 2.69. The Morgan fingerprint density at radius 3 is 1.76 bits per heavy atom. The Labute approximate surface area is 186 Å². The van der Waals surface area contributed by atoms with Gasteiger partial charge in [0.15, 0.2) is 0 Å². The highest BCUT2D eigenvalue weighted by Crippen LogP contribution is 2.64. The number of hydrogen-bond acceptors (Lipinski definition) is 4. The van der Waals surface area contributed by atoms with Gasteiger partial charge in [-0.3, -0.25) is 9.35 Å². The Kier molecular flexibility index (Phi) is 5.18. The lowest BCUT2D eigenvalue weighted by Gasteiger charge is -2.54. The van der Waals surface area contributed by atoms with Gasteiger partial charge in [-0.25, -0.2) is 0 Å². The Hall–Kier alpha value is -2.53. The maximum Gasteiger partial charge on any atom is 0.432 e. The summed E-state index contributed by atoms with van der Waals surface area (Å²) in [5.41, 5.74) is 1.99. The number of hydrogen-bond donors (Lipinski definition) is 1. The summed E-state index contributed by atoms with van der Waals surface area (Å²) in [5, 5.41) is -5.78. The highest BCUT2D eigenvalue weighted by Gasteiger charge is 2.67. The van der Waals surface area contributed by atoms with Crippen LogP contribution in [-0.2, 0) is 19.6 Å². The number of carbonyl (C=O) groups excluding carboxylic acids is 1. The van der Waals surface area contributed by atoms with Crippen LogP contribution in [0.15, 0.2) is 48.5 Å². The maximum atomic E-state index is 14.0. The second-order valence-electron chi connectivity index (χ2n) is 8.86. The SMILES string of the molecule is CC1(C)C2c3ccccc3C(c3ccccc32)C1C(=O)OC(C(F)(F)F)C(F)(F)S(=O)(=O)O. The largest absolute Gasteiger partial charge is 0.444 e. The van der Waals surface area contributed by atoms with E-state index < -0.39 is 56.8 Å². The summed E-state index contributed by atoms with van der Waals surface area (Å²) in [6, 6.07) is 14.1. The third-order valence-corrected chi connectivity index (χ3v) is 7.50. The van der Waals surface area contributed by atoms with E-state index in [2.05, 4.69) is 4.74 Å². The molecule has 2 aromatic rings. The van der Waals surface area contributed by atoms with Crippen molar-refractivity contribution < 1.29 is 44.5 Å². The number of fused-ring (bicyclic) bond motifs is 1. The first-order valence-corrected chi connectivity index (χ1v) is 11.3. The van der Waals surface area contributed by atoms with E-state index in [9.17, 15) is 35.2 Å². The second-order valence-corrected chi connectivity index (χ2v) is 10.4. The molecule has 0 radical (unpaired) electrons. The van der Waals surface area contributed by atoms with Crippen LogP contribution in [0.2, 0.25) is 0 Å². The molecule has 0 spiro atoms. The van der Waals surface area contributed by atoms with Gasteiger partial charge in [0.2, 0.25) is 0 Å². The van der Waals surface area contributed by atoms with E-state index in [4.69, 9.17) is 4.55 Å². The van der Waals surface area contributed by atoms with Crippen LogP contribution in [0.25, 0.3) is 0 Å². The number of benzene rings is 2. The van der Waals surface area contributed by atoms with Gasteiger partial charge in [-0.15, -0.1) is 0 Å². The molecule has 178 valence electrons. The highest BCUT2D eigenvalue weighted by molar-refractivity contribution is 7.86. The van der Waals surface area contributed by atoms with Crippen molar-refractivity contribution in [2.24, 2.45) is 11.3 Å². The monoisotopic (exact) mass is 490 g/mol. The van der Waals surface area contributed by atoms with E-state index in [1.165, 1.54) is 0 Å². The van der Waals surface area contributed by atoms with Gasteiger partial charge in [-0.2, -0.15) is 30.4 Å². The number of esters is 1. The van der Waals surface area contributed by atoms with Crippen molar-refractivity contribution in [2.75, 3.05) is 0 Å². The van der Waals surface area contributed by atoms with Crippen molar-refractivity contribution in [3.05, 3.63) is 70.8 Å². The molecule has 3 aliphatic carbocycles. The van der Waals surface area contributed by atoms with Crippen molar-refractivity contribution in [1.29, 1.82) is 0 Å². The van der Waals surface area contributed by atoms with Gasteiger partial charge in [0.25, 0.3) is 6.10 Å². The summed E-state index contributed by atoms with van der Waals surface area (Å²) in [4.78, 5) is 13.1. The van der Waals surface area contributed by atoms with Crippen molar-refractivity contribution >= 4 is 16.1 Å². The third-order valence-electron chi connectivity index (χ3n) is 6.60. The predicted octanol–water partition coefficient (Wildman–Crippen LogP) is 4.87. The van der Waals surface area contributed by atoms with Gasteiger partial charge in [0, 0.05) is 11.8 Å². The second kappa shape index (κ2) is 7.23. The lowest BCUT2D eigenvalue weighted by Crippen LogP contribution is -2.55. The van der Waals surface area contributed by atoms with Gasteiger partial charge in [0.05, 0.1) is 5.92 Å². The summed E-state index contributed by atoms with van der Waals surface area (Å²) >= 11 is 0. The zero-order valence-electron chi connectivity index (χ0n) is 17.3. The van der Waals surface area contributed by atoms with E-state index in [0.717, 1.165) is 11.1 Å². The molecule has 2 unspecified atom stereocenters. The summed E-state index contributed by atoms with van der Waals surface area (Å²) in [6.45, 7) is 3.26. The Balaban J connectivity index is 1.83. The minimum absolute atomic E-state index is 0.445. The fraction of sp³-hybridized carbons (Fsp3) is 0.409. The fourth-order valence-electron chi connectivity index (χ4n) is 5.31. The molecular formula is C22H19F5O5S. The molecule has 0 fully saturated rings. The first-order valence-electron chi connectivity index (χ1n) is 9.90. The number of ether oxygens (including phenoxy) is 1. The average molecular weight is 490 g/mol. The topological polar surface area (TPSA) is 80.7 Å². The molecule has 0 saturated heterocycles. The quantitative estimate of drug-likeness (QED) is 0.376. The van der Waals surface area contributed by atoms with E-state index in [0.29, 0.717) is 11.1 Å². The van der Waals surface area contributed by atoms with Crippen LogP contribution >= 0.6 is 0 Å². The molecule has 11 heteroatoms. The zero-order chi connectivity index (χ0) is 24.6. The molecule has 1 N–H and O–H groups in total. The first kappa shape index (κ1) is 23.6. The number of carbonyl (C=O) groups is 1. The highest BCUT2D eigenvalue weighted by atomic mass is 32.2. The van der Waals surface area contributed by atoms with E-state index in [1.807, 2.05) is 12.1 Å². The molecule has 2 aromatic carbocycles. The molecule has 0 aromatic heterocycles. The van der Waals surface area contributed by atoms with Gasteiger partial charge in [-0.1, -0.05) is 62.4 Å². The first-order chi connectivity index (χ1) is 15.1. The van der Waals surface area contributed by atoms with Crippen LogP contribution in [0.4, 0.5) is 22.0 Å². The number of alkyl halides is 5. The molecule has 33 heavy (non-hydrogen) atoms. The van der Waals surface area contributed by atoms with Crippen molar-refractivity contribution in [2.45, 2.75) is 43.2 Å². The van der Waals surface area contributed by atoms with Crippen LogP contribution < -0.4 is 0 Å². The van der Waals surface area contributed by atoms with E-state index in [1.54, 1.807) is 50.2 Å². The Morgan fingerprint density at radius 1 is 0.939 bits per heavy atom. The maximum absolute atomic E-state index is 14.0. The van der Waals surface area contributed by atoms with Crippen LogP contribution in [0, 0.1) is 11.3 Å². The third kappa shape index (κ3) is 3.43. The summed E-state index contributed by atoms with van der Waals surface area (Å²) in [5.74, 6) is -4.18. The minimum Gasteiger partial charge on any atom is -0.444 e. The summed E-state index contributed by atoms with van der Waals surface area (Å²) in [7, 11) is -6.53. The summed E-state index contributed by atoms with van der Waals surface area (Å²) in [6.07, 6.45) is -10.3. The molecule has 0 amide bonds. The lowest BCUT2D eigenvalue weighted by atomic mass is 9.48. The van der Waals surface area contributed by atoms with Crippen LogP contribution in [0.3, 0.4) is 0 Å². The van der Waals surface area contributed by atoms with Crippen LogP contribution in [0.1, 0.15) is 47.9 Å².